The second kappa shape index (κ2) is 6.71. The maximum atomic E-state index is 5.88. The molecule has 0 amide bonds. The van der Waals surface area contributed by atoms with E-state index in [0.717, 1.165) is 19.0 Å². The maximum Gasteiger partial charge on any atom is 0.185 e. The van der Waals surface area contributed by atoms with E-state index in [1.807, 2.05) is 11.3 Å². The van der Waals surface area contributed by atoms with Crippen molar-refractivity contribution in [3.63, 3.8) is 0 Å². The van der Waals surface area contributed by atoms with Gasteiger partial charge in [0.05, 0.1) is 5.69 Å². The summed E-state index contributed by atoms with van der Waals surface area (Å²) in [5.74, 6) is 1.48. The summed E-state index contributed by atoms with van der Waals surface area (Å²) in [5, 5.41) is 1.19. The Morgan fingerprint density at radius 2 is 2.00 bits per heavy atom. The first-order chi connectivity index (χ1) is 9.23. The molecule has 0 atom stereocenters. The number of thiazole rings is 1. The Morgan fingerprint density at radius 1 is 1.32 bits per heavy atom. The molecule has 1 heterocycles. The first-order valence-corrected chi connectivity index (χ1v) is 8.49. The van der Waals surface area contributed by atoms with Crippen LogP contribution in [0.4, 0.5) is 5.13 Å². The Kier molecular flexibility index (Phi) is 5.22. The van der Waals surface area contributed by atoms with E-state index in [4.69, 9.17) is 10.7 Å². The van der Waals surface area contributed by atoms with E-state index in [9.17, 15) is 0 Å². The lowest BCUT2D eigenvalue weighted by Gasteiger charge is -2.24. The number of nitrogens with two attached hydrogens (primary N) is 1. The van der Waals surface area contributed by atoms with Crippen molar-refractivity contribution in [2.75, 3.05) is 18.0 Å². The van der Waals surface area contributed by atoms with Gasteiger partial charge in [-0.05, 0) is 25.7 Å². The second-order valence-electron chi connectivity index (χ2n) is 5.50. The Labute approximate surface area is 121 Å². The van der Waals surface area contributed by atoms with Crippen LogP contribution in [0.15, 0.2) is 0 Å². The average Bonchev–Trinajstić information content (AvgIpc) is 3.20. The van der Waals surface area contributed by atoms with Crippen LogP contribution in [0.5, 0.6) is 0 Å². The van der Waals surface area contributed by atoms with Crippen molar-refractivity contribution in [2.45, 2.75) is 58.9 Å². The fourth-order valence-electron chi connectivity index (χ4n) is 2.51. The van der Waals surface area contributed by atoms with E-state index >= 15 is 0 Å². The van der Waals surface area contributed by atoms with Crippen LogP contribution < -0.4 is 10.6 Å². The minimum absolute atomic E-state index is 0.645. The second-order valence-corrected chi connectivity index (χ2v) is 6.57. The van der Waals surface area contributed by atoms with Crippen molar-refractivity contribution in [2.24, 2.45) is 11.7 Å². The number of aromatic nitrogens is 1. The molecule has 1 aliphatic rings. The standard InChI is InChI=1S/C15H27N3S/c1-4-11(5-2)10-18(6-3)15-17-14(12-7-8-12)13(9-16)19-15/h11-12H,4-10,16H2,1-3H3. The zero-order chi connectivity index (χ0) is 13.8. The molecular formula is C15H27N3S. The molecule has 2 N–H and O–H groups in total. The number of hydrogen-bond acceptors (Lipinski definition) is 4. The Morgan fingerprint density at radius 3 is 2.47 bits per heavy atom. The summed E-state index contributed by atoms with van der Waals surface area (Å²) < 4.78 is 0. The van der Waals surface area contributed by atoms with Crippen LogP contribution in [-0.2, 0) is 6.54 Å². The maximum absolute atomic E-state index is 5.88. The molecule has 1 aromatic heterocycles. The highest BCUT2D eigenvalue weighted by Crippen LogP contribution is 2.44. The van der Waals surface area contributed by atoms with Crippen molar-refractivity contribution in [1.82, 2.24) is 4.98 Å². The van der Waals surface area contributed by atoms with Gasteiger partial charge < -0.3 is 10.6 Å². The molecule has 0 aromatic carbocycles. The number of nitrogens with zero attached hydrogens (tertiary/aromatic N) is 2. The zero-order valence-corrected chi connectivity index (χ0v) is 13.3. The van der Waals surface area contributed by atoms with Gasteiger partial charge in [-0.2, -0.15) is 0 Å². The Balaban J connectivity index is 2.13. The summed E-state index contributed by atoms with van der Waals surface area (Å²) in [4.78, 5) is 8.64. The third kappa shape index (κ3) is 3.48. The lowest BCUT2D eigenvalue weighted by Crippen LogP contribution is -2.28. The normalized spacial score (nSPS) is 15.2. The molecule has 19 heavy (non-hydrogen) atoms. The number of anilines is 1. The number of rotatable bonds is 8. The minimum Gasteiger partial charge on any atom is -0.348 e. The van der Waals surface area contributed by atoms with Crippen LogP contribution in [0.25, 0.3) is 0 Å². The molecule has 0 unspecified atom stereocenters. The van der Waals surface area contributed by atoms with E-state index in [1.165, 1.54) is 41.4 Å². The van der Waals surface area contributed by atoms with Crippen molar-refractivity contribution in [3.05, 3.63) is 10.6 Å². The van der Waals surface area contributed by atoms with Gasteiger partial charge in [-0.3, -0.25) is 0 Å². The molecule has 4 heteroatoms. The van der Waals surface area contributed by atoms with Crippen LogP contribution in [0.1, 0.15) is 62.9 Å². The smallest absolute Gasteiger partial charge is 0.185 e. The van der Waals surface area contributed by atoms with Gasteiger partial charge in [0.25, 0.3) is 0 Å². The lowest BCUT2D eigenvalue weighted by atomic mass is 10.0. The SMILES string of the molecule is CCC(CC)CN(CC)c1nc(C2CC2)c(CN)s1. The van der Waals surface area contributed by atoms with E-state index in [2.05, 4.69) is 25.7 Å². The summed E-state index contributed by atoms with van der Waals surface area (Å²) in [7, 11) is 0. The minimum atomic E-state index is 0.645. The van der Waals surface area contributed by atoms with Crippen LogP contribution in [-0.4, -0.2) is 18.1 Å². The molecule has 1 aliphatic carbocycles. The fourth-order valence-corrected chi connectivity index (χ4v) is 3.61. The third-order valence-electron chi connectivity index (χ3n) is 4.15. The highest BCUT2D eigenvalue weighted by atomic mass is 32.1. The average molecular weight is 281 g/mol. The van der Waals surface area contributed by atoms with Gasteiger partial charge in [-0.1, -0.05) is 26.7 Å². The van der Waals surface area contributed by atoms with Gasteiger partial charge in [-0.15, -0.1) is 11.3 Å². The molecule has 0 aliphatic heterocycles. The third-order valence-corrected chi connectivity index (χ3v) is 5.31. The molecule has 0 spiro atoms. The summed E-state index contributed by atoms with van der Waals surface area (Å²) in [6, 6.07) is 0. The summed E-state index contributed by atoms with van der Waals surface area (Å²) in [6.45, 7) is 9.60. The van der Waals surface area contributed by atoms with E-state index < -0.39 is 0 Å². The molecule has 0 bridgehead atoms. The molecule has 0 saturated heterocycles. The van der Waals surface area contributed by atoms with Crippen molar-refractivity contribution in [1.29, 1.82) is 0 Å². The van der Waals surface area contributed by atoms with Crippen LogP contribution in [0.3, 0.4) is 0 Å². The Bertz CT molecular complexity index is 394. The highest BCUT2D eigenvalue weighted by Gasteiger charge is 2.30. The molecule has 1 fully saturated rings. The monoisotopic (exact) mass is 281 g/mol. The van der Waals surface area contributed by atoms with Crippen molar-refractivity contribution in [3.8, 4) is 0 Å². The van der Waals surface area contributed by atoms with E-state index in [0.29, 0.717) is 12.5 Å². The highest BCUT2D eigenvalue weighted by molar-refractivity contribution is 7.15. The van der Waals surface area contributed by atoms with Crippen molar-refractivity contribution >= 4 is 16.5 Å². The molecule has 3 nitrogen and oxygen atoms in total. The largest absolute Gasteiger partial charge is 0.348 e. The van der Waals surface area contributed by atoms with Gasteiger partial charge >= 0.3 is 0 Å². The van der Waals surface area contributed by atoms with Crippen molar-refractivity contribution < 1.29 is 0 Å². The van der Waals surface area contributed by atoms with Crippen LogP contribution >= 0.6 is 11.3 Å². The predicted octanol–water partition coefficient (Wildman–Crippen LogP) is 3.74. The zero-order valence-electron chi connectivity index (χ0n) is 12.5. The predicted molar refractivity (Wildman–Crippen MR) is 83.9 cm³/mol. The molecule has 0 radical (unpaired) electrons. The molecule has 2 rings (SSSR count). The molecular weight excluding hydrogens is 254 g/mol. The van der Waals surface area contributed by atoms with Crippen LogP contribution in [0.2, 0.25) is 0 Å². The van der Waals surface area contributed by atoms with Gasteiger partial charge in [0.15, 0.2) is 5.13 Å². The first-order valence-electron chi connectivity index (χ1n) is 7.67. The van der Waals surface area contributed by atoms with Gasteiger partial charge in [0.1, 0.15) is 0 Å². The summed E-state index contributed by atoms with van der Waals surface area (Å²) in [6.07, 6.45) is 5.10. The van der Waals surface area contributed by atoms with Gasteiger partial charge in [0, 0.05) is 30.4 Å². The summed E-state index contributed by atoms with van der Waals surface area (Å²) >= 11 is 1.81. The van der Waals surface area contributed by atoms with E-state index in [1.54, 1.807) is 0 Å². The topological polar surface area (TPSA) is 42.2 Å². The molecule has 1 saturated carbocycles. The molecule has 108 valence electrons. The quantitative estimate of drug-likeness (QED) is 0.789. The van der Waals surface area contributed by atoms with E-state index in [-0.39, 0.29) is 0 Å². The fraction of sp³-hybridized carbons (Fsp3) is 0.800. The number of hydrogen-bond donors (Lipinski definition) is 1. The Hall–Kier alpha value is -0.610. The molecule has 1 aromatic rings. The lowest BCUT2D eigenvalue weighted by molar-refractivity contribution is 0.485. The van der Waals surface area contributed by atoms with Gasteiger partial charge in [-0.25, -0.2) is 4.98 Å². The first kappa shape index (κ1) is 14.8. The van der Waals surface area contributed by atoms with Crippen LogP contribution in [0, 0.1) is 5.92 Å². The van der Waals surface area contributed by atoms with Gasteiger partial charge in [0.2, 0.25) is 0 Å². The summed E-state index contributed by atoms with van der Waals surface area (Å²) in [5.41, 5.74) is 7.17.